The molecule has 0 atom stereocenters. The molecular weight excluding hydrogens is 284 g/mol. The third-order valence-electron chi connectivity index (χ3n) is 3.68. The van der Waals surface area contributed by atoms with Gasteiger partial charge in [-0.1, -0.05) is 44.2 Å². The summed E-state index contributed by atoms with van der Waals surface area (Å²) in [5.74, 6) is -1.72. The Morgan fingerprint density at radius 3 is 2.41 bits per heavy atom. The molecule has 0 fully saturated rings. The Kier molecular flexibility index (Phi) is 4.91. The van der Waals surface area contributed by atoms with Crippen molar-refractivity contribution in [3.8, 4) is 0 Å². The summed E-state index contributed by atoms with van der Waals surface area (Å²) in [5, 5.41) is 2.53. The predicted molar refractivity (Wildman–Crippen MR) is 83.5 cm³/mol. The number of carbonyl (C=O) groups excluding carboxylic acids is 1. The van der Waals surface area contributed by atoms with Gasteiger partial charge in [-0.15, -0.1) is 0 Å². The van der Waals surface area contributed by atoms with Gasteiger partial charge in [0.1, 0.15) is 11.6 Å². The SMILES string of the molecule is CC(C)(CCc1ccccc1)C(=O)Nc1ccc(F)cc1F. The normalized spacial score (nSPS) is 11.3. The summed E-state index contributed by atoms with van der Waals surface area (Å²) in [6.07, 6.45) is 1.39. The second-order valence-corrected chi connectivity index (χ2v) is 5.95. The average molecular weight is 303 g/mol. The van der Waals surface area contributed by atoms with Gasteiger partial charge in [-0.25, -0.2) is 8.78 Å². The first-order valence-electron chi connectivity index (χ1n) is 7.19. The zero-order valence-corrected chi connectivity index (χ0v) is 12.7. The molecular formula is C18H19F2NO. The van der Waals surface area contributed by atoms with Crippen molar-refractivity contribution in [3.63, 3.8) is 0 Å². The molecule has 22 heavy (non-hydrogen) atoms. The second kappa shape index (κ2) is 6.69. The lowest BCUT2D eigenvalue weighted by Gasteiger charge is -2.23. The number of anilines is 1. The minimum absolute atomic E-state index is 0.000754. The van der Waals surface area contributed by atoms with E-state index in [1.54, 1.807) is 0 Å². The van der Waals surface area contributed by atoms with Crippen LogP contribution in [0.3, 0.4) is 0 Å². The fourth-order valence-electron chi connectivity index (χ4n) is 2.10. The maximum atomic E-state index is 13.6. The molecule has 0 radical (unpaired) electrons. The number of hydrogen-bond acceptors (Lipinski definition) is 1. The Balaban J connectivity index is 2.00. The second-order valence-electron chi connectivity index (χ2n) is 5.95. The number of nitrogens with one attached hydrogen (secondary N) is 1. The maximum absolute atomic E-state index is 13.6. The van der Waals surface area contributed by atoms with Gasteiger partial charge in [-0.2, -0.15) is 0 Å². The molecule has 0 heterocycles. The first-order valence-corrected chi connectivity index (χ1v) is 7.19. The maximum Gasteiger partial charge on any atom is 0.230 e. The summed E-state index contributed by atoms with van der Waals surface area (Å²) in [6, 6.07) is 13.0. The number of aryl methyl sites for hydroxylation is 1. The van der Waals surface area contributed by atoms with Gasteiger partial charge in [0.25, 0.3) is 0 Å². The van der Waals surface area contributed by atoms with E-state index in [-0.39, 0.29) is 11.6 Å². The molecule has 2 aromatic carbocycles. The summed E-state index contributed by atoms with van der Waals surface area (Å²) in [4.78, 5) is 12.3. The summed E-state index contributed by atoms with van der Waals surface area (Å²) >= 11 is 0. The lowest BCUT2D eigenvalue weighted by atomic mass is 9.85. The third-order valence-corrected chi connectivity index (χ3v) is 3.68. The number of rotatable bonds is 5. The fraction of sp³-hybridized carbons (Fsp3) is 0.278. The van der Waals surface area contributed by atoms with E-state index in [0.717, 1.165) is 24.1 Å². The van der Waals surface area contributed by atoms with Crippen molar-refractivity contribution in [2.75, 3.05) is 5.32 Å². The van der Waals surface area contributed by atoms with E-state index in [9.17, 15) is 13.6 Å². The van der Waals surface area contributed by atoms with E-state index >= 15 is 0 Å². The van der Waals surface area contributed by atoms with Crippen LogP contribution in [0.2, 0.25) is 0 Å². The molecule has 0 saturated carbocycles. The van der Waals surface area contributed by atoms with E-state index in [1.165, 1.54) is 6.07 Å². The van der Waals surface area contributed by atoms with Gasteiger partial charge in [0.2, 0.25) is 5.91 Å². The molecule has 0 aliphatic rings. The van der Waals surface area contributed by atoms with Gasteiger partial charge in [-0.3, -0.25) is 4.79 Å². The Bertz CT molecular complexity index is 653. The van der Waals surface area contributed by atoms with E-state index in [1.807, 2.05) is 44.2 Å². The van der Waals surface area contributed by atoms with Crippen LogP contribution in [0.4, 0.5) is 14.5 Å². The highest BCUT2D eigenvalue weighted by Gasteiger charge is 2.28. The molecule has 116 valence electrons. The van der Waals surface area contributed by atoms with Crippen LogP contribution in [0.25, 0.3) is 0 Å². The molecule has 1 amide bonds. The van der Waals surface area contributed by atoms with E-state index in [0.29, 0.717) is 6.42 Å². The molecule has 2 nitrogen and oxygen atoms in total. The van der Waals surface area contributed by atoms with Crippen molar-refractivity contribution in [3.05, 3.63) is 65.7 Å². The fourth-order valence-corrected chi connectivity index (χ4v) is 2.10. The molecule has 0 spiro atoms. The van der Waals surface area contributed by atoms with Gasteiger partial charge >= 0.3 is 0 Å². The number of carbonyl (C=O) groups is 1. The third kappa shape index (κ3) is 4.13. The molecule has 0 saturated heterocycles. The first kappa shape index (κ1) is 16.1. The van der Waals surface area contributed by atoms with Crippen LogP contribution in [0.1, 0.15) is 25.8 Å². The van der Waals surface area contributed by atoms with Crippen molar-refractivity contribution in [2.45, 2.75) is 26.7 Å². The highest BCUT2D eigenvalue weighted by Crippen LogP contribution is 2.26. The van der Waals surface area contributed by atoms with Crippen LogP contribution in [0.15, 0.2) is 48.5 Å². The van der Waals surface area contributed by atoms with Gasteiger partial charge in [-0.05, 0) is 30.5 Å². The topological polar surface area (TPSA) is 29.1 Å². The van der Waals surface area contributed by atoms with Crippen LogP contribution in [0, 0.1) is 17.0 Å². The van der Waals surface area contributed by atoms with Crippen molar-refractivity contribution in [1.82, 2.24) is 0 Å². The summed E-state index contributed by atoms with van der Waals surface area (Å²) in [6.45, 7) is 3.62. The molecule has 0 aromatic heterocycles. The average Bonchev–Trinajstić information content (AvgIpc) is 2.49. The van der Waals surface area contributed by atoms with Crippen LogP contribution in [-0.2, 0) is 11.2 Å². The van der Waals surface area contributed by atoms with Crippen molar-refractivity contribution < 1.29 is 13.6 Å². The molecule has 0 bridgehead atoms. The predicted octanol–water partition coefficient (Wildman–Crippen LogP) is 4.56. The summed E-state index contributed by atoms with van der Waals surface area (Å²) in [5.41, 5.74) is 0.493. The van der Waals surface area contributed by atoms with Gasteiger partial charge in [0, 0.05) is 11.5 Å². The summed E-state index contributed by atoms with van der Waals surface area (Å²) in [7, 11) is 0. The van der Waals surface area contributed by atoms with Crippen LogP contribution < -0.4 is 5.32 Å². The number of hydrogen-bond donors (Lipinski definition) is 1. The highest BCUT2D eigenvalue weighted by molar-refractivity contribution is 5.94. The smallest absolute Gasteiger partial charge is 0.230 e. The number of halogens is 2. The van der Waals surface area contributed by atoms with Crippen molar-refractivity contribution >= 4 is 11.6 Å². The Hall–Kier alpha value is -2.23. The van der Waals surface area contributed by atoms with E-state index in [4.69, 9.17) is 0 Å². The first-order chi connectivity index (χ1) is 10.4. The van der Waals surface area contributed by atoms with Gasteiger partial charge in [0.05, 0.1) is 5.69 Å². The molecule has 1 N–H and O–H groups in total. The number of amides is 1. The van der Waals surface area contributed by atoms with Crippen molar-refractivity contribution in [2.24, 2.45) is 5.41 Å². The standard InChI is InChI=1S/C18H19F2NO/c1-18(2,11-10-13-6-4-3-5-7-13)17(22)21-16-9-8-14(19)12-15(16)20/h3-9,12H,10-11H2,1-2H3,(H,21,22). The number of benzene rings is 2. The quantitative estimate of drug-likeness (QED) is 0.862. The van der Waals surface area contributed by atoms with E-state index < -0.39 is 17.0 Å². The van der Waals surface area contributed by atoms with E-state index in [2.05, 4.69) is 5.32 Å². The molecule has 0 aliphatic carbocycles. The lowest BCUT2D eigenvalue weighted by Crippen LogP contribution is -2.31. The zero-order valence-electron chi connectivity index (χ0n) is 12.7. The molecule has 0 aliphatic heterocycles. The Morgan fingerprint density at radius 1 is 1.09 bits per heavy atom. The largest absolute Gasteiger partial charge is 0.323 e. The van der Waals surface area contributed by atoms with Crippen LogP contribution >= 0.6 is 0 Å². The minimum Gasteiger partial charge on any atom is -0.323 e. The minimum atomic E-state index is -0.771. The molecule has 0 unspecified atom stereocenters. The summed E-state index contributed by atoms with van der Waals surface area (Å²) < 4.78 is 26.5. The van der Waals surface area contributed by atoms with Gasteiger partial charge in [0.15, 0.2) is 0 Å². The Morgan fingerprint density at radius 2 is 1.77 bits per heavy atom. The highest BCUT2D eigenvalue weighted by atomic mass is 19.1. The Labute approximate surface area is 129 Å². The van der Waals surface area contributed by atoms with Crippen LogP contribution in [0.5, 0.6) is 0 Å². The molecule has 2 aromatic rings. The van der Waals surface area contributed by atoms with Crippen molar-refractivity contribution in [1.29, 1.82) is 0 Å². The van der Waals surface area contributed by atoms with Crippen LogP contribution in [-0.4, -0.2) is 5.91 Å². The molecule has 2 rings (SSSR count). The monoisotopic (exact) mass is 303 g/mol. The van der Waals surface area contributed by atoms with Gasteiger partial charge < -0.3 is 5.32 Å². The lowest BCUT2D eigenvalue weighted by molar-refractivity contribution is -0.124. The molecule has 4 heteroatoms. The zero-order chi connectivity index (χ0) is 16.2.